The molecule has 3 N–H and O–H groups in total. The Morgan fingerprint density at radius 2 is 2.03 bits per heavy atom. The van der Waals surface area contributed by atoms with Crippen LogP contribution < -0.4 is 16.0 Å². The van der Waals surface area contributed by atoms with E-state index in [9.17, 15) is 4.79 Å². The van der Waals surface area contributed by atoms with Crippen LogP contribution in [0.4, 0.5) is 5.82 Å². The second kappa shape index (κ2) is 7.87. The monoisotopic (exact) mass is 397 g/mol. The molecule has 0 radical (unpaired) electrons. The van der Waals surface area contributed by atoms with Crippen molar-refractivity contribution in [2.24, 2.45) is 5.92 Å². The highest BCUT2D eigenvalue weighted by Gasteiger charge is 2.21. The van der Waals surface area contributed by atoms with Crippen molar-refractivity contribution in [3.05, 3.63) is 34.9 Å². The Labute approximate surface area is 169 Å². The zero-order chi connectivity index (χ0) is 20.5. The Morgan fingerprint density at radius 1 is 1.28 bits per heavy atom. The highest BCUT2D eigenvalue weighted by atomic mass is 16.5. The minimum Gasteiger partial charge on any atom is -0.489 e. The maximum atomic E-state index is 13.0. The highest BCUT2D eigenvalue weighted by molar-refractivity contribution is 5.97. The van der Waals surface area contributed by atoms with Gasteiger partial charge in [0.05, 0.1) is 30.6 Å². The fourth-order valence-electron chi connectivity index (χ4n) is 3.57. The molecule has 154 valence electrons. The van der Waals surface area contributed by atoms with E-state index in [4.69, 9.17) is 15.2 Å². The number of aromatic amines is 1. The number of nitrogen functional groups attached to an aromatic ring is 1. The second-order valence-corrected chi connectivity index (χ2v) is 7.91. The molecular weight excluding hydrogens is 370 g/mol. The third kappa shape index (κ3) is 3.72. The fourth-order valence-corrected chi connectivity index (χ4v) is 3.57. The summed E-state index contributed by atoms with van der Waals surface area (Å²) in [5.41, 5.74) is 7.96. The second-order valence-electron chi connectivity index (χ2n) is 7.91. The van der Waals surface area contributed by atoms with Crippen LogP contribution in [-0.2, 0) is 4.74 Å². The van der Waals surface area contributed by atoms with E-state index in [0.717, 1.165) is 43.1 Å². The lowest BCUT2D eigenvalue weighted by atomic mass is 10.0. The fraction of sp³-hybridized carbons (Fsp3) is 0.476. The summed E-state index contributed by atoms with van der Waals surface area (Å²) in [4.78, 5) is 17.6. The van der Waals surface area contributed by atoms with Gasteiger partial charge in [0.15, 0.2) is 5.82 Å². The number of aromatic nitrogens is 4. The van der Waals surface area contributed by atoms with Crippen LogP contribution in [-0.4, -0.2) is 39.1 Å². The van der Waals surface area contributed by atoms with Crippen molar-refractivity contribution < 1.29 is 9.47 Å². The molecule has 3 aromatic rings. The van der Waals surface area contributed by atoms with Gasteiger partial charge < -0.3 is 19.8 Å². The molecule has 0 bridgehead atoms. The third-order valence-corrected chi connectivity index (χ3v) is 5.67. The first-order chi connectivity index (χ1) is 14.0. The van der Waals surface area contributed by atoms with Gasteiger partial charge in [0.1, 0.15) is 17.2 Å². The maximum absolute atomic E-state index is 13.0. The van der Waals surface area contributed by atoms with Gasteiger partial charge in [0, 0.05) is 30.6 Å². The van der Waals surface area contributed by atoms with Gasteiger partial charge in [-0.3, -0.25) is 14.9 Å². The molecule has 29 heavy (non-hydrogen) atoms. The Hall–Kier alpha value is -2.87. The van der Waals surface area contributed by atoms with E-state index in [0.29, 0.717) is 10.9 Å². The Bertz CT molecular complexity index is 1050. The van der Waals surface area contributed by atoms with Gasteiger partial charge in [-0.15, -0.1) is 0 Å². The normalized spacial score (nSPS) is 16.4. The van der Waals surface area contributed by atoms with Crippen LogP contribution in [0.5, 0.6) is 5.75 Å². The summed E-state index contributed by atoms with van der Waals surface area (Å²) in [6, 6.07) is 3.82. The van der Waals surface area contributed by atoms with E-state index in [1.54, 1.807) is 10.8 Å². The minimum absolute atomic E-state index is 0.0103. The molecule has 1 atom stereocenters. The number of nitrogens with two attached hydrogens (primary N) is 1. The van der Waals surface area contributed by atoms with E-state index in [2.05, 4.69) is 29.0 Å². The highest BCUT2D eigenvalue weighted by Crippen LogP contribution is 2.29. The molecule has 1 fully saturated rings. The summed E-state index contributed by atoms with van der Waals surface area (Å²) in [6.45, 7) is 7.65. The number of ether oxygens (including phenoxy) is 2. The summed E-state index contributed by atoms with van der Waals surface area (Å²) in [5, 5.41) is 7.36. The van der Waals surface area contributed by atoms with E-state index in [1.807, 2.05) is 25.3 Å². The third-order valence-electron chi connectivity index (χ3n) is 5.67. The van der Waals surface area contributed by atoms with Gasteiger partial charge in [-0.1, -0.05) is 13.8 Å². The van der Waals surface area contributed by atoms with Crippen LogP contribution in [0.1, 0.15) is 39.7 Å². The molecule has 8 heteroatoms. The summed E-state index contributed by atoms with van der Waals surface area (Å²) in [6.07, 6.45) is 5.48. The Balaban J connectivity index is 1.73. The molecule has 0 saturated carbocycles. The molecular formula is C21H27N5O3. The number of nitrogens with one attached hydrogen (secondary N) is 1. The van der Waals surface area contributed by atoms with Gasteiger partial charge in [0.25, 0.3) is 5.56 Å². The van der Waals surface area contributed by atoms with E-state index < -0.39 is 0 Å². The van der Waals surface area contributed by atoms with Crippen LogP contribution in [0.25, 0.3) is 22.2 Å². The average Bonchev–Trinajstić information content (AvgIpc) is 3.11. The number of H-pyrrole nitrogens is 1. The van der Waals surface area contributed by atoms with E-state index in [-0.39, 0.29) is 29.4 Å². The van der Waals surface area contributed by atoms with Crippen molar-refractivity contribution >= 4 is 16.7 Å². The van der Waals surface area contributed by atoms with Crippen molar-refractivity contribution in [2.75, 3.05) is 18.9 Å². The molecule has 0 spiro atoms. The molecule has 1 unspecified atom stereocenters. The van der Waals surface area contributed by atoms with Gasteiger partial charge >= 0.3 is 0 Å². The van der Waals surface area contributed by atoms with Crippen LogP contribution >= 0.6 is 0 Å². The van der Waals surface area contributed by atoms with Crippen LogP contribution in [0.2, 0.25) is 0 Å². The number of anilines is 1. The summed E-state index contributed by atoms with van der Waals surface area (Å²) < 4.78 is 13.1. The predicted molar refractivity (Wildman–Crippen MR) is 112 cm³/mol. The number of pyridine rings is 2. The zero-order valence-electron chi connectivity index (χ0n) is 17.0. The zero-order valence-corrected chi connectivity index (χ0v) is 17.0. The maximum Gasteiger partial charge on any atom is 0.264 e. The Kier molecular flexibility index (Phi) is 5.27. The number of fused-ring (bicyclic) bond motifs is 1. The molecule has 4 heterocycles. The first-order valence-electron chi connectivity index (χ1n) is 10.0. The van der Waals surface area contributed by atoms with Crippen LogP contribution in [0.15, 0.2) is 29.3 Å². The van der Waals surface area contributed by atoms with Crippen LogP contribution in [0.3, 0.4) is 0 Å². The van der Waals surface area contributed by atoms with E-state index >= 15 is 0 Å². The minimum atomic E-state index is -0.143. The first kappa shape index (κ1) is 19.4. The Morgan fingerprint density at radius 3 is 2.69 bits per heavy atom. The van der Waals surface area contributed by atoms with Crippen molar-refractivity contribution in [2.45, 2.75) is 45.8 Å². The predicted octanol–water partition coefficient (Wildman–Crippen LogP) is 3.14. The van der Waals surface area contributed by atoms with Gasteiger partial charge in [-0.05, 0) is 25.0 Å². The summed E-state index contributed by atoms with van der Waals surface area (Å²) >= 11 is 0. The molecule has 0 aromatic carbocycles. The molecule has 8 nitrogen and oxygen atoms in total. The van der Waals surface area contributed by atoms with Gasteiger partial charge in [0.2, 0.25) is 0 Å². The van der Waals surface area contributed by atoms with Gasteiger partial charge in [-0.25, -0.2) is 0 Å². The summed E-state index contributed by atoms with van der Waals surface area (Å²) in [5.74, 6) is 1.22. The number of rotatable bonds is 5. The standard InChI is InChI=1S/C21H27N5O3/c1-12(2)13(3)26-11-16(19-18(21(26)27)20(22)25-24-19)17-5-4-15(10-23-17)29-14-6-8-28-9-7-14/h4-5,10-14H,6-9H2,1-3H3,(H3,22,24,25). The van der Waals surface area contributed by atoms with Crippen molar-refractivity contribution in [3.63, 3.8) is 0 Å². The summed E-state index contributed by atoms with van der Waals surface area (Å²) in [7, 11) is 0. The first-order valence-corrected chi connectivity index (χ1v) is 10.0. The molecule has 0 aliphatic carbocycles. The van der Waals surface area contributed by atoms with Crippen LogP contribution in [0, 0.1) is 5.92 Å². The lowest BCUT2D eigenvalue weighted by Crippen LogP contribution is -2.26. The van der Waals surface area contributed by atoms with Gasteiger partial charge in [-0.2, -0.15) is 5.10 Å². The SMILES string of the molecule is CC(C)C(C)n1cc(-c2ccc(OC3CCOCC3)cn2)c2[nH]nc(N)c2c1=O. The average molecular weight is 397 g/mol. The number of hydrogen-bond donors (Lipinski definition) is 2. The smallest absolute Gasteiger partial charge is 0.264 e. The topological polar surface area (TPSA) is 108 Å². The molecule has 1 saturated heterocycles. The molecule has 4 rings (SSSR count). The molecule has 1 aliphatic rings. The lowest BCUT2D eigenvalue weighted by molar-refractivity contribution is 0.0254. The number of nitrogens with zero attached hydrogens (tertiary/aromatic N) is 3. The molecule has 0 amide bonds. The molecule has 3 aromatic heterocycles. The lowest BCUT2D eigenvalue weighted by Gasteiger charge is -2.23. The van der Waals surface area contributed by atoms with Crippen molar-refractivity contribution in [1.29, 1.82) is 0 Å². The van der Waals surface area contributed by atoms with Crippen molar-refractivity contribution in [1.82, 2.24) is 19.7 Å². The van der Waals surface area contributed by atoms with E-state index in [1.165, 1.54) is 0 Å². The molecule has 1 aliphatic heterocycles. The quantitative estimate of drug-likeness (QED) is 0.685. The largest absolute Gasteiger partial charge is 0.489 e. The van der Waals surface area contributed by atoms with Crippen molar-refractivity contribution in [3.8, 4) is 17.0 Å². The number of hydrogen-bond acceptors (Lipinski definition) is 6.